The third-order valence-electron chi connectivity index (χ3n) is 3.09. The molecule has 3 nitrogen and oxygen atoms in total. The Balaban J connectivity index is 2.17. The molecule has 1 N–H and O–H groups in total. The van der Waals surface area contributed by atoms with Gasteiger partial charge in [-0.1, -0.05) is 28.9 Å². The van der Waals surface area contributed by atoms with E-state index < -0.39 is 0 Å². The molecule has 2 atom stereocenters. The molecule has 0 saturated carbocycles. The van der Waals surface area contributed by atoms with Crippen molar-refractivity contribution in [2.75, 3.05) is 13.1 Å². The predicted molar refractivity (Wildman–Crippen MR) is 65.6 cm³/mol. The zero-order valence-electron chi connectivity index (χ0n) is 9.03. The highest BCUT2D eigenvalue weighted by Gasteiger charge is 2.25. The molecule has 0 amide bonds. The van der Waals surface area contributed by atoms with Crippen LogP contribution in [0.25, 0.3) is 0 Å². The second kappa shape index (κ2) is 5.41. The van der Waals surface area contributed by atoms with Crippen LogP contribution in [0.15, 0.2) is 29.4 Å². The molecule has 1 fully saturated rings. The zero-order chi connectivity index (χ0) is 11.4. The Hall–Kier alpha value is -0.930. The molecule has 1 saturated heterocycles. The van der Waals surface area contributed by atoms with Gasteiger partial charge in [0.2, 0.25) is 0 Å². The first-order valence-electron chi connectivity index (χ1n) is 5.60. The predicted octanol–water partition coefficient (Wildman–Crippen LogP) is 3.15. The summed E-state index contributed by atoms with van der Waals surface area (Å²) in [5.41, 5.74) is 0.927. The molecule has 0 aliphatic carbocycles. The summed E-state index contributed by atoms with van der Waals surface area (Å²) in [6, 6.07) is 7.17. The minimum atomic E-state index is -0.272. The molecule has 0 aromatic heterocycles. The maximum Gasteiger partial charge on any atom is 0.121 e. The molecule has 0 unspecified atom stereocenters. The van der Waals surface area contributed by atoms with E-state index in [-0.39, 0.29) is 6.04 Å². The van der Waals surface area contributed by atoms with E-state index in [1.165, 1.54) is 0 Å². The monoisotopic (exact) mass is 238 g/mol. The summed E-state index contributed by atoms with van der Waals surface area (Å²) in [5.74, 6) is 0.296. The molecule has 1 aliphatic heterocycles. The van der Waals surface area contributed by atoms with Gasteiger partial charge < -0.3 is 5.32 Å². The van der Waals surface area contributed by atoms with Crippen molar-refractivity contribution in [1.82, 2.24) is 5.32 Å². The van der Waals surface area contributed by atoms with Crippen LogP contribution < -0.4 is 5.32 Å². The van der Waals surface area contributed by atoms with Crippen molar-refractivity contribution in [1.29, 1.82) is 0 Å². The number of rotatable bonds is 3. The van der Waals surface area contributed by atoms with Gasteiger partial charge in [0.05, 0.1) is 0 Å². The highest BCUT2D eigenvalue weighted by atomic mass is 35.5. The van der Waals surface area contributed by atoms with E-state index in [9.17, 15) is 4.91 Å². The van der Waals surface area contributed by atoms with Gasteiger partial charge in [0, 0.05) is 17.5 Å². The van der Waals surface area contributed by atoms with Crippen molar-refractivity contribution in [3.63, 3.8) is 0 Å². The molecule has 16 heavy (non-hydrogen) atoms. The maximum atomic E-state index is 11.0. The summed E-state index contributed by atoms with van der Waals surface area (Å²) in [4.78, 5) is 11.0. The van der Waals surface area contributed by atoms with Crippen LogP contribution in [0, 0.1) is 10.8 Å². The average molecular weight is 239 g/mol. The summed E-state index contributed by atoms with van der Waals surface area (Å²) in [5, 5.41) is 7.24. The molecule has 86 valence electrons. The lowest BCUT2D eigenvalue weighted by atomic mass is 9.88. The van der Waals surface area contributed by atoms with Crippen LogP contribution in [-0.4, -0.2) is 13.1 Å². The molecule has 1 aliphatic rings. The Morgan fingerprint density at radius 3 is 3.00 bits per heavy atom. The Morgan fingerprint density at radius 1 is 1.50 bits per heavy atom. The minimum absolute atomic E-state index is 0.272. The first kappa shape index (κ1) is 11.6. The number of hydrogen-bond acceptors (Lipinski definition) is 3. The SMILES string of the molecule is O=N[C@@H](c1cccc(Cl)c1)[C@@H]1CCCNC1. The Kier molecular flexibility index (Phi) is 3.91. The van der Waals surface area contributed by atoms with Gasteiger partial charge in [-0.05, 0) is 37.1 Å². The zero-order valence-corrected chi connectivity index (χ0v) is 9.78. The number of piperidine rings is 1. The Morgan fingerprint density at radius 2 is 2.38 bits per heavy atom. The van der Waals surface area contributed by atoms with Crippen molar-refractivity contribution in [2.45, 2.75) is 18.9 Å². The third-order valence-corrected chi connectivity index (χ3v) is 3.32. The minimum Gasteiger partial charge on any atom is -0.316 e. The molecule has 1 aromatic carbocycles. The first-order chi connectivity index (χ1) is 7.81. The van der Waals surface area contributed by atoms with E-state index in [1.54, 1.807) is 0 Å². The summed E-state index contributed by atoms with van der Waals surface area (Å²) in [6.07, 6.45) is 2.16. The number of nitroso groups, excluding NO2 is 1. The van der Waals surface area contributed by atoms with Gasteiger partial charge in [0.1, 0.15) is 6.04 Å². The number of halogens is 1. The average Bonchev–Trinajstić information content (AvgIpc) is 2.31. The fourth-order valence-electron chi connectivity index (χ4n) is 2.26. The van der Waals surface area contributed by atoms with E-state index in [0.717, 1.165) is 31.5 Å². The largest absolute Gasteiger partial charge is 0.316 e. The lowest BCUT2D eigenvalue weighted by Crippen LogP contribution is -2.32. The van der Waals surface area contributed by atoms with Gasteiger partial charge in [-0.2, -0.15) is 4.91 Å². The van der Waals surface area contributed by atoms with Gasteiger partial charge in [-0.3, -0.25) is 0 Å². The van der Waals surface area contributed by atoms with E-state index >= 15 is 0 Å². The van der Waals surface area contributed by atoms with Gasteiger partial charge in [-0.15, -0.1) is 0 Å². The standard InChI is InChI=1S/C12H15ClN2O/c13-11-5-1-3-9(7-11)12(15-16)10-4-2-6-14-8-10/h1,3,5,7,10,12,14H,2,4,6,8H2/t10-,12+/m1/s1. The van der Waals surface area contributed by atoms with E-state index in [0.29, 0.717) is 10.9 Å². The quantitative estimate of drug-likeness (QED) is 0.822. The van der Waals surface area contributed by atoms with Crippen molar-refractivity contribution < 1.29 is 0 Å². The van der Waals surface area contributed by atoms with E-state index in [1.807, 2.05) is 24.3 Å². The number of nitrogens with one attached hydrogen (secondary N) is 1. The topological polar surface area (TPSA) is 41.5 Å². The van der Waals surface area contributed by atoms with Gasteiger partial charge in [-0.25, -0.2) is 0 Å². The van der Waals surface area contributed by atoms with Crippen molar-refractivity contribution in [3.05, 3.63) is 39.8 Å². The lowest BCUT2D eigenvalue weighted by molar-refractivity contribution is 0.326. The van der Waals surface area contributed by atoms with Crippen LogP contribution in [0.1, 0.15) is 24.4 Å². The molecule has 1 aromatic rings. The molecule has 0 bridgehead atoms. The van der Waals surface area contributed by atoms with Gasteiger partial charge in [0.25, 0.3) is 0 Å². The van der Waals surface area contributed by atoms with Crippen LogP contribution in [0.2, 0.25) is 5.02 Å². The molecule has 2 rings (SSSR count). The van der Waals surface area contributed by atoms with E-state index in [4.69, 9.17) is 11.6 Å². The molecular weight excluding hydrogens is 224 g/mol. The summed E-state index contributed by atoms with van der Waals surface area (Å²) < 4.78 is 0. The Bertz CT molecular complexity index is 364. The maximum absolute atomic E-state index is 11.0. The number of nitrogens with zero attached hydrogens (tertiary/aromatic N) is 1. The van der Waals surface area contributed by atoms with Crippen LogP contribution >= 0.6 is 11.6 Å². The highest BCUT2D eigenvalue weighted by Crippen LogP contribution is 2.31. The highest BCUT2D eigenvalue weighted by molar-refractivity contribution is 6.30. The third kappa shape index (κ3) is 2.60. The fraction of sp³-hybridized carbons (Fsp3) is 0.500. The van der Waals surface area contributed by atoms with Gasteiger partial charge in [0.15, 0.2) is 0 Å². The Labute approximate surface area is 100 Å². The van der Waals surface area contributed by atoms with E-state index in [2.05, 4.69) is 10.5 Å². The van der Waals surface area contributed by atoms with Crippen molar-refractivity contribution >= 4 is 11.6 Å². The smallest absolute Gasteiger partial charge is 0.121 e. The molecule has 0 radical (unpaired) electrons. The molecule has 0 spiro atoms. The van der Waals surface area contributed by atoms with Crippen LogP contribution in [0.3, 0.4) is 0 Å². The second-order valence-electron chi connectivity index (χ2n) is 4.21. The van der Waals surface area contributed by atoms with Crippen LogP contribution in [0.5, 0.6) is 0 Å². The molecule has 1 heterocycles. The second-order valence-corrected chi connectivity index (χ2v) is 4.65. The molecule has 4 heteroatoms. The normalized spacial score (nSPS) is 22.7. The summed E-state index contributed by atoms with van der Waals surface area (Å²) in [6.45, 7) is 1.90. The summed E-state index contributed by atoms with van der Waals surface area (Å²) >= 11 is 5.93. The molecular formula is C12H15ClN2O. The number of benzene rings is 1. The van der Waals surface area contributed by atoms with Gasteiger partial charge >= 0.3 is 0 Å². The number of hydrogen-bond donors (Lipinski definition) is 1. The van der Waals surface area contributed by atoms with Crippen LogP contribution in [-0.2, 0) is 0 Å². The summed E-state index contributed by atoms with van der Waals surface area (Å²) in [7, 11) is 0. The van der Waals surface area contributed by atoms with Crippen molar-refractivity contribution in [2.24, 2.45) is 11.1 Å². The fourth-order valence-corrected chi connectivity index (χ4v) is 2.46. The lowest BCUT2D eigenvalue weighted by Gasteiger charge is -2.26. The van der Waals surface area contributed by atoms with Crippen molar-refractivity contribution in [3.8, 4) is 0 Å². The first-order valence-corrected chi connectivity index (χ1v) is 5.97. The van der Waals surface area contributed by atoms with Crippen LogP contribution in [0.4, 0.5) is 0 Å².